The van der Waals surface area contributed by atoms with Crippen molar-refractivity contribution in [1.82, 2.24) is 15.0 Å². The number of nitrogens with zero attached hydrogens (tertiary/aromatic N) is 2. The summed E-state index contributed by atoms with van der Waals surface area (Å²) in [7, 11) is 0. The van der Waals surface area contributed by atoms with Gasteiger partial charge in [-0.05, 0) is 49.2 Å². The van der Waals surface area contributed by atoms with E-state index in [1.165, 1.54) is 30.3 Å². The van der Waals surface area contributed by atoms with Crippen LogP contribution >= 0.6 is 0 Å². The highest BCUT2D eigenvalue weighted by molar-refractivity contribution is 6.04. The van der Waals surface area contributed by atoms with Gasteiger partial charge in [0.2, 0.25) is 5.95 Å². The van der Waals surface area contributed by atoms with Crippen molar-refractivity contribution in [2.75, 3.05) is 17.2 Å². The Balaban J connectivity index is 1.32. The van der Waals surface area contributed by atoms with Gasteiger partial charge in [-0.1, -0.05) is 18.2 Å². The predicted octanol–water partition coefficient (Wildman–Crippen LogP) is 4.07. The van der Waals surface area contributed by atoms with Crippen LogP contribution in [0.1, 0.15) is 33.2 Å². The molecule has 0 aliphatic carbocycles. The minimum absolute atomic E-state index is 0.0194. The lowest BCUT2D eigenvalue weighted by molar-refractivity contribution is 0.101. The standard InChI is InChI=1S/C23H21N5O2/c1-15(29)16-6-8-19(9-7-16)28-22(30)18-13-26-23(27-14-18)24-11-10-17-12-25-21-5-3-2-4-20(17)21/h2-9,12-14,25H,10-11H2,1H3,(H,28,30)(H,24,26,27). The zero-order valence-electron chi connectivity index (χ0n) is 16.5. The maximum atomic E-state index is 12.4. The first-order valence-electron chi connectivity index (χ1n) is 9.63. The van der Waals surface area contributed by atoms with E-state index in [0.717, 1.165) is 11.9 Å². The molecule has 0 unspecified atom stereocenters. The molecule has 2 aromatic carbocycles. The Morgan fingerprint density at radius 2 is 1.70 bits per heavy atom. The van der Waals surface area contributed by atoms with Crippen molar-refractivity contribution in [3.8, 4) is 0 Å². The number of hydrogen-bond donors (Lipinski definition) is 3. The van der Waals surface area contributed by atoms with Gasteiger partial charge in [0, 0.05) is 47.3 Å². The molecule has 1 amide bonds. The summed E-state index contributed by atoms with van der Waals surface area (Å²) in [5.74, 6) is 0.141. The van der Waals surface area contributed by atoms with Crippen molar-refractivity contribution in [1.29, 1.82) is 0 Å². The van der Waals surface area contributed by atoms with Crippen molar-refractivity contribution in [3.05, 3.63) is 83.8 Å². The number of nitrogens with one attached hydrogen (secondary N) is 3. The van der Waals surface area contributed by atoms with E-state index < -0.39 is 0 Å². The zero-order valence-corrected chi connectivity index (χ0v) is 16.5. The predicted molar refractivity (Wildman–Crippen MR) is 117 cm³/mol. The number of para-hydroxylation sites is 1. The summed E-state index contributed by atoms with van der Waals surface area (Å²) in [6.07, 6.45) is 5.82. The Morgan fingerprint density at radius 3 is 2.43 bits per heavy atom. The van der Waals surface area contributed by atoms with Crippen LogP contribution in [-0.2, 0) is 6.42 Å². The van der Waals surface area contributed by atoms with Gasteiger partial charge >= 0.3 is 0 Å². The van der Waals surface area contributed by atoms with Crippen LogP contribution < -0.4 is 10.6 Å². The Hall–Kier alpha value is -4.00. The normalized spacial score (nSPS) is 10.7. The molecule has 0 saturated heterocycles. The average molecular weight is 399 g/mol. The van der Waals surface area contributed by atoms with Gasteiger partial charge in [-0.25, -0.2) is 9.97 Å². The van der Waals surface area contributed by atoms with E-state index in [2.05, 4.69) is 37.7 Å². The van der Waals surface area contributed by atoms with Crippen LogP contribution in [0.4, 0.5) is 11.6 Å². The van der Waals surface area contributed by atoms with Gasteiger partial charge in [0.15, 0.2) is 5.78 Å². The number of anilines is 2. The molecular weight excluding hydrogens is 378 g/mol. The number of benzene rings is 2. The first-order chi connectivity index (χ1) is 14.6. The molecule has 0 atom stereocenters. The number of amides is 1. The van der Waals surface area contributed by atoms with Gasteiger partial charge in [-0.2, -0.15) is 0 Å². The van der Waals surface area contributed by atoms with Crippen molar-refractivity contribution in [2.24, 2.45) is 0 Å². The second-order valence-electron chi connectivity index (χ2n) is 6.92. The number of carbonyl (C=O) groups excluding carboxylic acids is 2. The number of aromatic nitrogens is 3. The SMILES string of the molecule is CC(=O)c1ccc(NC(=O)c2cnc(NCCc3c[nH]c4ccccc34)nc2)cc1. The minimum atomic E-state index is -0.309. The molecule has 150 valence electrons. The number of hydrogen-bond acceptors (Lipinski definition) is 5. The van der Waals surface area contributed by atoms with Gasteiger partial charge < -0.3 is 15.6 Å². The third-order valence-electron chi connectivity index (χ3n) is 4.82. The molecule has 0 fully saturated rings. The number of H-pyrrole nitrogens is 1. The fraction of sp³-hybridized carbons (Fsp3) is 0.130. The van der Waals surface area contributed by atoms with Crippen molar-refractivity contribution in [3.63, 3.8) is 0 Å². The molecular formula is C23H21N5O2. The van der Waals surface area contributed by atoms with Crippen molar-refractivity contribution >= 4 is 34.2 Å². The molecule has 7 nitrogen and oxygen atoms in total. The van der Waals surface area contributed by atoms with E-state index >= 15 is 0 Å². The van der Waals surface area contributed by atoms with Crippen LogP contribution in [0.2, 0.25) is 0 Å². The van der Waals surface area contributed by atoms with E-state index in [-0.39, 0.29) is 11.7 Å². The molecule has 2 heterocycles. The molecule has 0 bridgehead atoms. The summed E-state index contributed by atoms with van der Waals surface area (Å²) < 4.78 is 0. The molecule has 2 aromatic heterocycles. The first-order valence-corrected chi connectivity index (χ1v) is 9.63. The summed E-state index contributed by atoms with van der Waals surface area (Å²) in [6, 6.07) is 14.9. The second kappa shape index (κ2) is 8.57. The summed E-state index contributed by atoms with van der Waals surface area (Å²) in [4.78, 5) is 35.4. The molecule has 30 heavy (non-hydrogen) atoms. The summed E-state index contributed by atoms with van der Waals surface area (Å²) in [5, 5.41) is 7.16. The average Bonchev–Trinajstić information content (AvgIpc) is 3.18. The van der Waals surface area contributed by atoms with Gasteiger partial charge in [0.05, 0.1) is 5.56 Å². The zero-order chi connectivity index (χ0) is 20.9. The van der Waals surface area contributed by atoms with Crippen LogP contribution in [0.15, 0.2) is 67.1 Å². The van der Waals surface area contributed by atoms with Crippen LogP contribution in [0, 0.1) is 0 Å². The van der Waals surface area contributed by atoms with Gasteiger partial charge in [-0.3, -0.25) is 9.59 Å². The van der Waals surface area contributed by atoms with E-state index in [0.29, 0.717) is 29.3 Å². The molecule has 7 heteroatoms. The third-order valence-corrected chi connectivity index (χ3v) is 4.82. The molecule has 4 rings (SSSR count). The van der Waals surface area contributed by atoms with Crippen LogP contribution in [0.3, 0.4) is 0 Å². The smallest absolute Gasteiger partial charge is 0.258 e. The maximum absolute atomic E-state index is 12.4. The number of fused-ring (bicyclic) bond motifs is 1. The molecule has 4 aromatic rings. The number of ketones is 1. The Morgan fingerprint density at radius 1 is 0.967 bits per heavy atom. The van der Waals surface area contributed by atoms with Crippen LogP contribution in [-0.4, -0.2) is 33.2 Å². The Labute approximate surface area is 173 Å². The molecule has 0 saturated carbocycles. The molecule has 0 aliphatic rings. The van der Waals surface area contributed by atoms with Crippen LogP contribution in [0.25, 0.3) is 10.9 Å². The molecule has 0 radical (unpaired) electrons. The number of aromatic amines is 1. The van der Waals surface area contributed by atoms with Gasteiger partial charge in [-0.15, -0.1) is 0 Å². The highest BCUT2D eigenvalue weighted by Gasteiger charge is 2.09. The maximum Gasteiger partial charge on any atom is 0.258 e. The first kappa shape index (κ1) is 19.3. The molecule has 3 N–H and O–H groups in total. The quantitative estimate of drug-likeness (QED) is 0.407. The number of Topliss-reactive ketones (excluding diaryl/α,β-unsaturated/α-hetero) is 1. The highest BCUT2D eigenvalue weighted by Crippen LogP contribution is 2.18. The van der Waals surface area contributed by atoms with Crippen LogP contribution in [0.5, 0.6) is 0 Å². The topological polar surface area (TPSA) is 99.8 Å². The lowest BCUT2D eigenvalue weighted by Crippen LogP contribution is -2.14. The Kier molecular flexibility index (Phi) is 5.52. The second-order valence-corrected chi connectivity index (χ2v) is 6.92. The summed E-state index contributed by atoms with van der Waals surface area (Å²) in [5.41, 5.74) is 3.90. The number of rotatable bonds is 7. The summed E-state index contributed by atoms with van der Waals surface area (Å²) >= 11 is 0. The number of carbonyl (C=O) groups is 2. The fourth-order valence-corrected chi connectivity index (χ4v) is 3.18. The summed E-state index contributed by atoms with van der Waals surface area (Å²) in [6.45, 7) is 2.18. The molecule has 0 aliphatic heterocycles. The molecule has 0 spiro atoms. The lowest BCUT2D eigenvalue weighted by Gasteiger charge is -2.07. The van der Waals surface area contributed by atoms with E-state index in [4.69, 9.17) is 0 Å². The van der Waals surface area contributed by atoms with Gasteiger partial charge in [0.1, 0.15) is 0 Å². The van der Waals surface area contributed by atoms with Crippen molar-refractivity contribution < 1.29 is 9.59 Å². The van der Waals surface area contributed by atoms with E-state index in [1.54, 1.807) is 24.3 Å². The van der Waals surface area contributed by atoms with Crippen molar-refractivity contribution in [2.45, 2.75) is 13.3 Å². The largest absolute Gasteiger partial charge is 0.361 e. The van der Waals surface area contributed by atoms with Gasteiger partial charge in [0.25, 0.3) is 5.91 Å². The monoisotopic (exact) mass is 399 g/mol. The highest BCUT2D eigenvalue weighted by atomic mass is 16.1. The third kappa shape index (κ3) is 4.35. The van der Waals surface area contributed by atoms with E-state index in [1.807, 2.05) is 18.3 Å². The van der Waals surface area contributed by atoms with E-state index in [9.17, 15) is 9.59 Å². The Bertz CT molecular complexity index is 1180. The fourth-order valence-electron chi connectivity index (χ4n) is 3.18. The minimum Gasteiger partial charge on any atom is -0.361 e. The lowest BCUT2D eigenvalue weighted by atomic mass is 10.1.